The number of carbonyl (C=O) groups is 1. The van der Waals surface area contributed by atoms with E-state index in [1.54, 1.807) is 19.2 Å². The largest absolute Gasteiger partial charge is 0.497 e. The van der Waals surface area contributed by atoms with Gasteiger partial charge in [-0.05, 0) is 74.2 Å². The zero-order chi connectivity index (χ0) is 25.7. The lowest BCUT2D eigenvalue weighted by Crippen LogP contribution is -2.36. The molecule has 36 heavy (non-hydrogen) atoms. The van der Waals surface area contributed by atoms with Crippen molar-refractivity contribution < 1.29 is 13.9 Å². The summed E-state index contributed by atoms with van der Waals surface area (Å²) in [6.07, 6.45) is 4.29. The summed E-state index contributed by atoms with van der Waals surface area (Å²) in [5.74, 6) is 0.866. The first-order valence-corrected chi connectivity index (χ1v) is 12.4. The van der Waals surface area contributed by atoms with Crippen LogP contribution in [0.15, 0.2) is 48.5 Å². The van der Waals surface area contributed by atoms with Crippen molar-refractivity contribution in [1.29, 1.82) is 5.26 Å². The van der Waals surface area contributed by atoms with E-state index in [1.165, 1.54) is 17.7 Å². The molecule has 1 amide bonds. The molecular weight excluding hydrogens is 455 g/mol. The van der Waals surface area contributed by atoms with E-state index < -0.39 is 0 Å². The fourth-order valence-electron chi connectivity index (χ4n) is 5.02. The van der Waals surface area contributed by atoms with Gasteiger partial charge in [-0.3, -0.25) is 9.69 Å². The van der Waals surface area contributed by atoms with Crippen LogP contribution in [0.3, 0.4) is 0 Å². The van der Waals surface area contributed by atoms with Gasteiger partial charge in [-0.15, -0.1) is 0 Å². The molecule has 4 rings (SSSR count). The Kier molecular flexibility index (Phi) is 8.07. The van der Waals surface area contributed by atoms with Crippen LogP contribution in [0, 0.1) is 31.0 Å². The summed E-state index contributed by atoms with van der Waals surface area (Å²) in [7, 11) is 1.65. The molecule has 0 bridgehead atoms. The van der Waals surface area contributed by atoms with E-state index in [0.29, 0.717) is 17.9 Å². The molecule has 0 saturated carbocycles. The number of nitrogens with zero attached hydrogens (tertiary/aromatic N) is 3. The molecule has 0 radical (unpaired) electrons. The summed E-state index contributed by atoms with van der Waals surface area (Å²) >= 11 is 0. The summed E-state index contributed by atoms with van der Waals surface area (Å²) in [5.41, 5.74) is 4.26. The van der Waals surface area contributed by atoms with E-state index in [2.05, 4.69) is 28.4 Å². The lowest BCUT2D eigenvalue weighted by Gasteiger charge is -2.30. The molecule has 0 spiro atoms. The number of aromatic nitrogens is 1. The highest BCUT2D eigenvalue weighted by molar-refractivity contribution is 5.93. The second-order valence-electron chi connectivity index (χ2n) is 9.42. The van der Waals surface area contributed by atoms with Crippen molar-refractivity contribution in [1.82, 2.24) is 9.47 Å². The van der Waals surface area contributed by atoms with Gasteiger partial charge >= 0.3 is 0 Å². The number of halogens is 1. The highest BCUT2D eigenvalue weighted by Gasteiger charge is 2.26. The number of hydrogen-bond acceptors (Lipinski definition) is 4. The zero-order valence-corrected chi connectivity index (χ0v) is 21.2. The maximum atomic E-state index is 13.4. The summed E-state index contributed by atoms with van der Waals surface area (Å²) in [6, 6.07) is 16.8. The summed E-state index contributed by atoms with van der Waals surface area (Å²) in [6.45, 7) is 5.33. The molecule has 2 aromatic carbocycles. The van der Waals surface area contributed by atoms with Crippen molar-refractivity contribution in [3.63, 3.8) is 0 Å². The lowest BCUT2D eigenvalue weighted by molar-refractivity contribution is -0.117. The number of likely N-dealkylation sites (tertiary alicyclic amines) is 1. The number of anilines is 1. The molecule has 188 valence electrons. The van der Waals surface area contributed by atoms with Gasteiger partial charge in [-0.2, -0.15) is 5.26 Å². The summed E-state index contributed by atoms with van der Waals surface area (Å²) < 4.78 is 20.6. The minimum atomic E-state index is -0.297. The number of carbonyl (C=O) groups excluding carboxylic acids is 1. The highest BCUT2D eigenvalue weighted by atomic mass is 19.1. The Labute approximate surface area is 212 Å². The maximum Gasteiger partial charge on any atom is 0.239 e. The van der Waals surface area contributed by atoms with E-state index in [0.717, 1.165) is 54.8 Å². The number of nitriles is 1. The first kappa shape index (κ1) is 25.5. The lowest BCUT2D eigenvalue weighted by atomic mass is 10.0. The third kappa shape index (κ3) is 5.60. The Balaban J connectivity index is 1.56. The van der Waals surface area contributed by atoms with E-state index in [4.69, 9.17) is 4.74 Å². The van der Waals surface area contributed by atoms with Gasteiger partial charge in [0.15, 0.2) is 0 Å². The molecule has 1 atom stereocenters. The third-order valence-electron chi connectivity index (χ3n) is 7.16. The second-order valence-corrected chi connectivity index (χ2v) is 9.42. The van der Waals surface area contributed by atoms with Gasteiger partial charge in [0.1, 0.15) is 23.5 Å². The standard InChI is InChI=1S/C29H33FN4O2/c1-20-21(2)34(18-22-8-12-24(30)13-9-22)29(26(20)17-31)32-28(35)19-33-16-6-4-5-7-27(33)23-10-14-25(36-3)15-11-23/h8-15,27H,4-7,16,18-19H2,1-3H3,(H,32,35)/t27-/m0/s1. The van der Waals surface area contributed by atoms with Crippen LogP contribution in [0.25, 0.3) is 0 Å². The molecule has 3 aromatic rings. The molecule has 1 aliphatic heterocycles. The molecule has 1 saturated heterocycles. The molecule has 1 N–H and O–H groups in total. The summed E-state index contributed by atoms with van der Waals surface area (Å²) in [4.78, 5) is 15.6. The van der Waals surface area contributed by atoms with Gasteiger partial charge < -0.3 is 14.6 Å². The molecular formula is C29H33FN4O2. The van der Waals surface area contributed by atoms with Crippen molar-refractivity contribution in [2.24, 2.45) is 0 Å². The second kappa shape index (κ2) is 11.4. The Morgan fingerprint density at radius 2 is 1.83 bits per heavy atom. The molecule has 0 unspecified atom stereocenters. The van der Waals surface area contributed by atoms with E-state index >= 15 is 0 Å². The van der Waals surface area contributed by atoms with Crippen LogP contribution >= 0.6 is 0 Å². The predicted octanol–water partition coefficient (Wildman–Crippen LogP) is 5.73. The number of nitrogens with one attached hydrogen (secondary N) is 1. The van der Waals surface area contributed by atoms with Gasteiger partial charge in [-0.25, -0.2) is 4.39 Å². The molecule has 7 heteroatoms. The molecule has 6 nitrogen and oxygen atoms in total. The van der Waals surface area contributed by atoms with E-state index in [1.807, 2.05) is 30.5 Å². The summed E-state index contributed by atoms with van der Waals surface area (Å²) in [5, 5.41) is 12.9. The number of amides is 1. The Bertz CT molecular complexity index is 1240. The van der Waals surface area contributed by atoms with Gasteiger partial charge in [0.25, 0.3) is 0 Å². The van der Waals surface area contributed by atoms with Gasteiger partial charge in [0.2, 0.25) is 5.91 Å². The Morgan fingerprint density at radius 3 is 2.50 bits per heavy atom. The fourth-order valence-corrected chi connectivity index (χ4v) is 5.02. The number of ether oxygens (including phenoxy) is 1. The van der Waals surface area contributed by atoms with Crippen molar-refractivity contribution in [2.45, 2.75) is 52.1 Å². The van der Waals surface area contributed by atoms with Crippen LogP contribution in [-0.2, 0) is 11.3 Å². The van der Waals surface area contributed by atoms with E-state index in [-0.39, 0.29) is 24.3 Å². The predicted molar refractivity (Wildman–Crippen MR) is 139 cm³/mol. The first-order chi connectivity index (χ1) is 17.4. The average Bonchev–Trinajstić information content (AvgIpc) is 3.02. The van der Waals surface area contributed by atoms with Crippen molar-refractivity contribution in [3.8, 4) is 11.8 Å². The van der Waals surface area contributed by atoms with Gasteiger partial charge in [-0.1, -0.05) is 37.1 Å². The van der Waals surface area contributed by atoms with Crippen LogP contribution in [0.1, 0.15) is 59.7 Å². The van der Waals surface area contributed by atoms with Crippen molar-refractivity contribution in [2.75, 3.05) is 25.5 Å². The van der Waals surface area contributed by atoms with Crippen molar-refractivity contribution in [3.05, 3.63) is 82.3 Å². The number of rotatable bonds is 7. The Hall–Kier alpha value is -3.63. The van der Waals surface area contributed by atoms with E-state index in [9.17, 15) is 14.4 Å². The minimum absolute atomic E-state index is 0.147. The SMILES string of the molecule is COc1ccc([C@@H]2CCCCCN2CC(=O)Nc2c(C#N)c(C)c(C)n2Cc2ccc(F)cc2)cc1. The average molecular weight is 489 g/mol. The minimum Gasteiger partial charge on any atom is -0.497 e. The topological polar surface area (TPSA) is 70.3 Å². The van der Waals surface area contributed by atoms with Crippen LogP contribution in [0.2, 0.25) is 0 Å². The first-order valence-electron chi connectivity index (χ1n) is 12.4. The van der Waals surface area contributed by atoms with Gasteiger partial charge in [0.05, 0.1) is 19.2 Å². The smallest absolute Gasteiger partial charge is 0.239 e. The quantitative estimate of drug-likeness (QED) is 0.461. The third-order valence-corrected chi connectivity index (χ3v) is 7.16. The molecule has 0 aliphatic carbocycles. The number of methoxy groups -OCH3 is 1. The van der Waals surface area contributed by atoms with Crippen LogP contribution in [-0.4, -0.2) is 35.6 Å². The fraction of sp³-hybridized carbons (Fsp3) is 0.379. The normalized spacial score (nSPS) is 16.2. The Morgan fingerprint density at radius 1 is 1.11 bits per heavy atom. The monoisotopic (exact) mass is 488 g/mol. The van der Waals surface area contributed by atoms with Crippen LogP contribution in [0.5, 0.6) is 5.75 Å². The molecule has 1 fully saturated rings. The highest BCUT2D eigenvalue weighted by Crippen LogP contribution is 2.32. The van der Waals surface area contributed by atoms with Crippen LogP contribution in [0.4, 0.5) is 10.2 Å². The molecule has 1 aliphatic rings. The van der Waals surface area contributed by atoms with Crippen LogP contribution < -0.4 is 10.1 Å². The van der Waals surface area contributed by atoms with Crippen molar-refractivity contribution >= 4 is 11.7 Å². The molecule has 1 aromatic heterocycles. The maximum absolute atomic E-state index is 13.4. The number of benzene rings is 2. The number of hydrogen-bond donors (Lipinski definition) is 1. The zero-order valence-electron chi connectivity index (χ0n) is 21.2. The molecule has 2 heterocycles. The van der Waals surface area contributed by atoms with Gasteiger partial charge in [0, 0.05) is 18.3 Å².